The number of carbonyl (C=O) groups is 4. The lowest BCUT2D eigenvalue weighted by Crippen LogP contribution is -3.00. The summed E-state index contributed by atoms with van der Waals surface area (Å²) in [4.78, 5) is 49.9. The lowest BCUT2D eigenvalue weighted by atomic mass is 10.0. The number of nitrogens with zero attached hydrogens (tertiary/aromatic N) is 2. The van der Waals surface area contributed by atoms with E-state index in [0.29, 0.717) is 24.0 Å². The van der Waals surface area contributed by atoms with Crippen molar-refractivity contribution in [2.45, 2.75) is 258 Å². The zero-order valence-electron chi connectivity index (χ0n) is 42.0. The Labute approximate surface area is 437 Å². The number of carbonyl (C=O) groups excluding carboxylic acids is 4. The first kappa shape index (κ1) is 64.0. The third-order valence-corrected chi connectivity index (χ3v) is 12.7. The van der Waals surface area contributed by atoms with E-state index in [0.717, 1.165) is 38.8 Å². The van der Waals surface area contributed by atoms with Crippen molar-refractivity contribution in [2.24, 2.45) is 0 Å². The maximum atomic E-state index is 12.6. The molecule has 0 bridgehead atoms. The van der Waals surface area contributed by atoms with Gasteiger partial charge in [0.25, 0.3) is 11.6 Å². The van der Waals surface area contributed by atoms with Crippen LogP contribution in [-0.2, 0) is 32.2 Å². The van der Waals surface area contributed by atoms with Crippen LogP contribution in [0.1, 0.15) is 266 Å². The van der Waals surface area contributed by atoms with E-state index < -0.39 is 23.5 Å². The minimum Gasteiger partial charge on any atom is -1.00 e. The fourth-order valence-corrected chi connectivity index (χ4v) is 8.45. The summed E-state index contributed by atoms with van der Waals surface area (Å²) >= 11 is 0. The van der Waals surface area contributed by atoms with Gasteiger partial charge in [-0.05, 0) is 38.5 Å². The fourth-order valence-electron chi connectivity index (χ4n) is 8.45. The number of rotatable bonds is 45. The van der Waals surface area contributed by atoms with E-state index in [2.05, 4.69) is 23.0 Å². The average molecular weight is 1150 g/mol. The van der Waals surface area contributed by atoms with Gasteiger partial charge in [0, 0.05) is 48.2 Å². The number of aromatic nitrogens is 2. The van der Waals surface area contributed by atoms with Crippen molar-refractivity contribution in [1.82, 2.24) is 0 Å². The number of hydrogen-bond acceptors (Lipinski definition) is 6. The van der Waals surface area contributed by atoms with Crippen LogP contribution in [-0.4, -0.2) is 36.7 Å². The summed E-state index contributed by atoms with van der Waals surface area (Å²) < 4.78 is 14.6. The van der Waals surface area contributed by atoms with Crippen molar-refractivity contribution in [2.75, 3.05) is 13.2 Å². The van der Waals surface area contributed by atoms with Crippen LogP contribution >= 0.6 is 0 Å². The molecule has 2 rings (SSSR count). The topological polar surface area (TPSA) is 94.5 Å². The minimum absolute atomic E-state index is 0. The lowest BCUT2D eigenvalue weighted by molar-refractivity contribution is -0.697. The Morgan fingerprint density at radius 1 is 0.333 bits per heavy atom. The van der Waals surface area contributed by atoms with Gasteiger partial charge in [-0.15, -0.1) is 0 Å². The Hall–Kier alpha value is -1.96. The number of halogens is 2. The van der Waals surface area contributed by atoms with E-state index in [4.69, 9.17) is 9.47 Å². The van der Waals surface area contributed by atoms with E-state index >= 15 is 0 Å². The molecule has 0 radical (unpaired) electrons. The highest BCUT2D eigenvalue weighted by Gasteiger charge is 2.20. The first-order chi connectivity index (χ1) is 31.5. The lowest BCUT2D eigenvalue weighted by Gasteiger charge is -2.06. The van der Waals surface area contributed by atoms with Crippen LogP contribution in [0.2, 0.25) is 0 Å². The molecule has 0 aliphatic rings. The molecule has 8 nitrogen and oxygen atoms in total. The van der Waals surface area contributed by atoms with Gasteiger partial charge in [0.2, 0.25) is 0 Å². The molecule has 378 valence electrons. The number of ketones is 2. The van der Waals surface area contributed by atoms with Crippen LogP contribution in [0.4, 0.5) is 0 Å². The maximum absolute atomic E-state index is 12.6. The summed E-state index contributed by atoms with van der Waals surface area (Å²) in [6.45, 7) is 6.67. The first-order valence-electron chi connectivity index (χ1n) is 26.9. The molecule has 0 aliphatic carbocycles. The highest BCUT2D eigenvalue weighted by molar-refractivity contribution is 6.41. The van der Waals surface area contributed by atoms with Gasteiger partial charge < -0.3 is 57.4 Å². The number of aryl methyl sites for hydroxylation is 2. The second-order valence-corrected chi connectivity index (χ2v) is 18.6. The number of pyridine rings is 2. The average Bonchev–Trinajstić information content (AvgIpc) is 3.31. The molecular weight excluding hydrogens is 1050 g/mol. The van der Waals surface area contributed by atoms with E-state index in [1.807, 2.05) is 24.8 Å². The molecule has 0 amide bonds. The van der Waals surface area contributed by atoms with Gasteiger partial charge >= 0.3 is 11.9 Å². The molecular formula is C56H94I2N2O6. The number of ether oxygens (including phenoxy) is 2. The summed E-state index contributed by atoms with van der Waals surface area (Å²) in [6, 6.07) is 6.77. The molecule has 0 N–H and O–H groups in total. The third kappa shape index (κ3) is 35.2. The van der Waals surface area contributed by atoms with Crippen LogP contribution in [0, 0.1) is 0 Å². The van der Waals surface area contributed by atoms with Crippen molar-refractivity contribution in [3.05, 3.63) is 60.2 Å². The highest BCUT2D eigenvalue weighted by atomic mass is 127. The smallest absolute Gasteiger partial charge is 0.379 e. The summed E-state index contributed by atoms with van der Waals surface area (Å²) in [7, 11) is 0. The van der Waals surface area contributed by atoms with Gasteiger partial charge in [-0.3, -0.25) is 9.59 Å². The molecule has 2 aromatic heterocycles. The molecule has 0 aliphatic heterocycles. The van der Waals surface area contributed by atoms with E-state index in [1.165, 1.54) is 193 Å². The number of esters is 2. The SMILES string of the molecule is CCCCCCCCCCCCCCCCCC[n+]1ccc(C(=O)C(=O)OCCCCCCOC(=O)C(=O)c2cc[n+](CCCCCCCCCCCCCCCCCC)cc2)cc1.[I-].[I-]. The Morgan fingerprint density at radius 3 is 0.788 bits per heavy atom. The molecule has 0 atom stereocenters. The zero-order chi connectivity index (χ0) is 46.0. The fraction of sp³-hybridized carbons (Fsp3) is 0.750. The predicted octanol–water partition coefficient (Wildman–Crippen LogP) is 8.51. The summed E-state index contributed by atoms with van der Waals surface area (Å²) in [5.41, 5.74) is 0.676. The van der Waals surface area contributed by atoms with Gasteiger partial charge in [-0.2, -0.15) is 0 Å². The zero-order valence-corrected chi connectivity index (χ0v) is 46.3. The Morgan fingerprint density at radius 2 is 0.545 bits per heavy atom. The van der Waals surface area contributed by atoms with Crippen LogP contribution < -0.4 is 57.1 Å². The van der Waals surface area contributed by atoms with E-state index in [9.17, 15) is 19.2 Å². The summed E-state index contributed by atoms with van der Waals surface area (Å²) in [5.74, 6) is -2.94. The normalized spacial score (nSPS) is 10.9. The second-order valence-electron chi connectivity index (χ2n) is 18.6. The summed E-state index contributed by atoms with van der Waals surface area (Å²) in [6.07, 6.45) is 53.3. The van der Waals surface area contributed by atoms with Crippen molar-refractivity contribution in [1.29, 1.82) is 0 Å². The van der Waals surface area contributed by atoms with E-state index in [-0.39, 0.29) is 61.2 Å². The molecule has 2 heterocycles. The quantitative estimate of drug-likeness (QED) is 0.0165. The molecule has 0 fully saturated rings. The molecule has 0 saturated heterocycles. The van der Waals surface area contributed by atoms with Gasteiger partial charge in [0.05, 0.1) is 13.2 Å². The van der Waals surface area contributed by atoms with Crippen LogP contribution in [0.5, 0.6) is 0 Å². The number of Topliss-reactive ketones (excluding diaryl/α,β-unsaturated/α-hetero) is 2. The molecule has 0 spiro atoms. The minimum atomic E-state index is -0.838. The van der Waals surface area contributed by atoms with Gasteiger partial charge in [-0.1, -0.05) is 194 Å². The molecule has 0 saturated carbocycles. The van der Waals surface area contributed by atoms with Crippen molar-refractivity contribution in [3.63, 3.8) is 0 Å². The van der Waals surface area contributed by atoms with Crippen LogP contribution in [0.15, 0.2) is 49.1 Å². The highest BCUT2D eigenvalue weighted by Crippen LogP contribution is 2.16. The van der Waals surface area contributed by atoms with Gasteiger partial charge in [0.1, 0.15) is 13.1 Å². The molecule has 66 heavy (non-hydrogen) atoms. The number of unbranched alkanes of at least 4 members (excludes halogenated alkanes) is 33. The van der Waals surface area contributed by atoms with Crippen LogP contribution in [0.3, 0.4) is 0 Å². The Balaban J connectivity index is 0.0000211. The van der Waals surface area contributed by atoms with Crippen molar-refractivity contribution in [3.8, 4) is 0 Å². The predicted molar refractivity (Wildman–Crippen MR) is 261 cm³/mol. The maximum Gasteiger partial charge on any atom is 0.379 e. The largest absolute Gasteiger partial charge is 1.00 e. The van der Waals surface area contributed by atoms with E-state index in [1.54, 1.807) is 24.3 Å². The van der Waals surface area contributed by atoms with Crippen LogP contribution in [0.25, 0.3) is 0 Å². The standard InChI is InChI=1S/C56H94N2O6.2HI/c1-3-5-7-9-11-13-15-17-19-21-23-25-27-29-31-35-43-57-45-39-51(40-46-57)53(59)55(61)63-49-37-33-34-38-50-64-56(62)54(60)52-41-47-58(48-42-52)44-36-32-30-28-26-24-22-20-18-16-14-12-10-8-6-4-2;;/h39-42,45-48H,3-38,43-44,49-50H2,1-2H3;2*1H/q+2;;/p-2. The van der Waals surface area contributed by atoms with Crippen molar-refractivity contribution < 1.29 is 85.7 Å². The third-order valence-electron chi connectivity index (χ3n) is 12.7. The molecule has 0 aromatic carbocycles. The van der Waals surface area contributed by atoms with Gasteiger partial charge in [-0.25, -0.2) is 18.7 Å². The molecule has 0 unspecified atom stereocenters. The molecule has 10 heteroatoms. The Bertz CT molecular complexity index is 1350. The van der Waals surface area contributed by atoms with Gasteiger partial charge in [0.15, 0.2) is 24.8 Å². The van der Waals surface area contributed by atoms with Crippen molar-refractivity contribution >= 4 is 23.5 Å². The molecule has 2 aromatic rings. The Kier molecular flexibility index (Phi) is 45.4. The second kappa shape index (κ2) is 46.8. The summed E-state index contributed by atoms with van der Waals surface area (Å²) in [5, 5.41) is 0. The number of hydrogen-bond donors (Lipinski definition) is 0. The first-order valence-corrected chi connectivity index (χ1v) is 26.9. The monoisotopic (exact) mass is 1140 g/mol.